The van der Waals surface area contributed by atoms with Crippen LogP contribution in [-0.4, -0.2) is 61.7 Å². The van der Waals surface area contributed by atoms with Gasteiger partial charge >= 0.3 is 0 Å². The number of nitrogens with one attached hydrogen (secondary N) is 1. The summed E-state index contributed by atoms with van der Waals surface area (Å²) in [7, 11) is 3.35. The second-order valence-electron chi connectivity index (χ2n) is 4.25. The van der Waals surface area contributed by atoms with Gasteiger partial charge in [-0.1, -0.05) is 0 Å². The van der Waals surface area contributed by atoms with Crippen molar-refractivity contribution in [2.45, 2.75) is 12.2 Å². The first-order valence-electron chi connectivity index (χ1n) is 5.69. The summed E-state index contributed by atoms with van der Waals surface area (Å²) in [6, 6.07) is 3.62. The molecule has 0 saturated carbocycles. The number of methoxy groups -OCH3 is 2. The lowest BCUT2D eigenvalue weighted by molar-refractivity contribution is -0.00461. The Bertz CT molecular complexity index is 352. The number of ketones is 1. The summed E-state index contributed by atoms with van der Waals surface area (Å²) in [5.41, 5.74) is 0.653. The SMILES string of the molecule is COC1CN(CC(=O)c2ccc[nH]2)CC1OC. The van der Waals surface area contributed by atoms with Crippen LogP contribution >= 0.6 is 0 Å². The zero-order valence-electron chi connectivity index (χ0n) is 10.2. The van der Waals surface area contributed by atoms with E-state index < -0.39 is 0 Å². The molecule has 1 fully saturated rings. The van der Waals surface area contributed by atoms with E-state index in [0.29, 0.717) is 12.2 Å². The average molecular weight is 238 g/mol. The molecule has 2 unspecified atom stereocenters. The maximum Gasteiger partial charge on any atom is 0.192 e. The van der Waals surface area contributed by atoms with E-state index in [1.165, 1.54) is 0 Å². The van der Waals surface area contributed by atoms with Crippen molar-refractivity contribution in [1.82, 2.24) is 9.88 Å². The Hall–Kier alpha value is -1.17. The van der Waals surface area contributed by atoms with Crippen molar-refractivity contribution in [3.05, 3.63) is 24.0 Å². The Kier molecular flexibility index (Phi) is 3.93. The van der Waals surface area contributed by atoms with Gasteiger partial charge in [0, 0.05) is 33.5 Å². The number of rotatable bonds is 5. The number of carbonyl (C=O) groups is 1. The van der Waals surface area contributed by atoms with Crippen molar-refractivity contribution in [2.75, 3.05) is 33.9 Å². The molecule has 1 N–H and O–H groups in total. The summed E-state index contributed by atoms with van der Waals surface area (Å²) in [4.78, 5) is 16.9. The van der Waals surface area contributed by atoms with Crippen LogP contribution < -0.4 is 0 Å². The van der Waals surface area contributed by atoms with Crippen LogP contribution in [0.4, 0.5) is 0 Å². The third kappa shape index (κ3) is 2.74. The molecule has 1 aliphatic rings. The van der Waals surface area contributed by atoms with Gasteiger partial charge in [0.15, 0.2) is 5.78 Å². The number of Topliss-reactive ketones (excluding diaryl/α,β-unsaturated/α-hetero) is 1. The van der Waals surface area contributed by atoms with E-state index in [2.05, 4.69) is 9.88 Å². The first kappa shape index (κ1) is 12.3. The molecule has 1 aromatic heterocycles. The van der Waals surface area contributed by atoms with Crippen molar-refractivity contribution >= 4 is 5.78 Å². The molecule has 1 aliphatic heterocycles. The summed E-state index contributed by atoms with van der Waals surface area (Å²) in [5.74, 6) is 0.0987. The van der Waals surface area contributed by atoms with Gasteiger partial charge in [-0.15, -0.1) is 0 Å². The summed E-state index contributed by atoms with van der Waals surface area (Å²) in [6.45, 7) is 1.88. The van der Waals surface area contributed by atoms with Crippen LogP contribution in [0.1, 0.15) is 10.5 Å². The van der Waals surface area contributed by atoms with Crippen LogP contribution in [0.2, 0.25) is 0 Å². The molecular weight excluding hydrogens is 220 g/mol. The van der Waals surface area contributed by atoms with Crippen LogP contribution in [0.3, 0.4) is 0 Å². The van der Waals surface area contributed by atoms with E-state index in [-0.39, 0.29) is 18.0 Å². The molecule has 1 saturated heterocycles. The Morgan fingerprint density at radius 2 is 2.06 bits per heavy atom. The van der Waals surface area contributed by atoms with Gasteiger partial charge in [0.1, 0.15) is 0 Å². The molecule has 5 heteroatoms. The zero-order valence-corrected chi connectivity index (χ0v) is 10.2. The monoisotopic (exact) mass is 238 g/mol. The Morgan fingerprint density at radius 1 is 1.41 bits per heavy atom. The summed E-state index contributed by atoms with van der Waals surface area (Å²) >= 11 is 0. The van der Waals surface area contributed by atoms with E-state index >= 15 is 0 Å². The molecule has 17 heavy (non-hydrogen) atoms. The maximum absolute atomic E-state index is 11.9. The van der Waals surface area contributed by atoms with Crippen LogP contribution in [0.15, 0.2) is 18.3 Å². The minimum absolute atomic E-state index is 0.0523. The molecule has 0 spiro atoms. The van der Waals surface area contributed by atoms with E-state index in [4.69, 9.17) is 9.47 Å². The largest absolute Gasteiger partial charge is 0.377 e. The lowest BCUT2D eigenvalue weighted by atomic mass is 10.3. The number of aromatic nitrogens is 1. The molecule has 5 nitrogen and oxygen atoms in total. The van der Waals surface area contributed by atoms with Gasteiger partial charge in [-0.2, -0.15) is 0 Å². The molecule has 0 radical (unpaired) electrons. The number of aromatic amines is 1. The highest BCUT2D eigenvalue weighted by molar-refractivity contribution is 5.95. The quantitative estimate of drug-likeness (QED) is 0.761. The summed E-state index contributed by atoms with van der Waals surface area (Å²) in [5, 5.41) is 0. The standard InChI is InChI=1S/C12H18N2O3/c1-16-11-7-14(8-12(11)17-2)6-10(15)9-4-3-5-13-9/h3-5,11-13H,6-8H2,1-2H3. The number of H-pyrrole nitrogens is 1. The predicted molar refractivity (Wildman–Crippen MR) is 63.2 cm³/mol. The lowest BCUT2D eigenvalue weighted by Crippen LogP contribution is -2.29. The minimum atomic E-state index is 0.0523. The maximum atomic E-state index is 11.9. The first-order chi connectivity index (χ1) is 8.24. The zero-order chi connectivity index (χ0) is 12.3. The van der Waals surface area contributed by atoms with E-state index in [1.54, 1.807) is 26.5 Å². The first-order valence-corrected chi connectivity index (χ1v) is 5.69. The van der Waals surface area contributed by atoms with Gasteiger partial charge in [0.25, 0.3) is 0 Å². The number of likely N-dealkylation sites (tertiary alicyclic amines) is 1. The number of hydrogen-bond acceptors (Lipinski definition) is 4. The molecular formula is C12H18N2O3. The fourth-order valence-corrected chi connectivity index (χ4v) is 2.19. The van der Waals surface area contributed by atoms with Crippen LogP contribution in [-0.2, 0) is 9.47 Å². The fourth-order valence-electron chi connectivity index (χ4n) is 2.19. The van der Waals surface area contributed by atoms with E-state index in [0.717, 1.165) is 13.1 Å². The van der Waals surface area contributed by atoms with Crippen LogP contribution in [0, 0.1) is 0 Å². The minimum Gasteiger partial charge on any atom is -0.377 e. The van der Waals surface area contributed by atoms with Gasteiger partial charge in [0.2, 0.25) is 0 Å². The molecule has 1 aromatic rings. The number of carbonyl (C=O) groups excluding carboxylic acids is 1. The van der Waals surface area contributed by atoms with Crippen molar-refractivity contribution in [2.24, 2.45) is 0 Å². The van der Waals surface area contributed by atoms with Gasteiger partial charge < -0.3 is 14.5 Å². The topological polar surface area (TPSA) is 54.6 Å². The smallest absolute Gasteiger partial charge is 0.192 e. The lowest BCUT2D eigenvalue weighted by Gasteiger charge is -2.13. The number of ether oxygens (including phenoxy) is 2. The summed E-state index contributed by atoms with van der Waals surface area (Å²) in [6.07, 6.45) is 1.86. The molecule has 2 heterocycles. The summed E-state index contributed by atoms with van der Waals surface area (Å²) < 4.78 is 10.7. The van der Waals surface area contributed by atoms with Gasteiger partial charge in [0.05, 0.1) is 24.4 Å². The number of hydrogen-bond donors (Lipinski definition) is 1. The Labute approximate surface area is 101 Å². The van der Waals surface area contributed by atoms with Crippen LogP contribution in [0.5, 0.6) is 0 Å². The molecule has 0 bridgehead atoms. The van der Waals surface area contributed by atoms with Crippen molar-refractivity contribution < 1.29 is 14.3 Å². The normalized spacial score (nSPS) is 25.3. The highest BCUT2D eigenvalue weighted by atomic mass is 16.5. The predicted octanol–water partition coefficient (Wildman–Crippen LogP) is 0.543. The van der Waals surface area contributed by atoms with Gasteiger partial charge in [-0.25, -0.2) is 0 Å². The van der Waals surface area contributed by atoms with Gasteiger partial charge in [-0.3, -0.25) is 9.69 Å². The molecule has 0 aliphatic carbocycles. The molecule has 0 aromatic carbocycles. The van der Waals surface area contributed by atoms with Crippen molar-refractivity contribution in [1.29, 1.82) is 0 Å². The molecule has 94 valence electrons. The highest BCUT2D eigenvalue weighted by Gasteiger charge is 2.33. The second kappa shape index (κ2) is 5.44. The highest BCUT2D eigenvalue weighted by Crippen LogP contribution is 2.15. The van der Waals surface area contributed by atoms with E-state index in [1.807, 2.05) is 6.07 Å². The molecule has 2 rings (SSSR count). The van der Waals surface area contributed by atoms with Crippen LogP contribution in [0.25, 0.3) is 0 Å². The molecule has 2 atom stereocenters. The third-order valence-electron chi connectivity index (χ3n) is 3.16. The van der Waals surface area contributed by atoms with Crippen molar-refractivity contribution in [3.63, 3.8) is 0 Å². The average Bonchev–Trinajstić information content (AvgIpc) is 2.97. The van der Waals surface area contributed by atoms with Gasteiger partial charge in [-0.05, 0) is 12.1 Å². The fraction of sp³-hybridized carbons (Fsp3) is 0.583. The second-order valence-corrected chi connectivity index (χ2v) is 4.25. The molecule has 0 amide bonds. The van der Waals surface area contributed by atoms with Crippen molar-refractivity contribution in [3.8, 4) is 0 Å². The van der Waals surface area contributed by atoms with E-state index in [9.17, 15) is 4.79 Å². The Morgan fingerprint density at radius 3 is 2.53 bits per heavy atom. The third-order valence-corrected chi connectivity index (χ3v) is 3.16. The number of nitrogens with zero attached hydrogens (tertiary/aromatic N) is 1. The Balaban J connectivity index is 1.91.